The highest BCUT2D eigenvalue weighted by Crippen LogP contribution is 2.36. The number of ether oxygens (including phenoxy) is 2. The second kappa shape index (κ2) is 8.88. The topological polar surface area (TPSA) is 109 Å². The normalized spacial score (nSPS) is 30.4. The summed E-state index contributed by atoms with van der Waals surface area (Å²) < 4.78 is 11.6. The first-order valence-electron chi connectivity index (χ1n) is 11.7. The van der Waals surface area contributed by atoms with Gasteiger partial charge in [-0.1, -0.05) is 23.2 Å². The molecule has 0 unspecified atom stereocenters. The lowest BCUT2D eigenvalue weighted by atomic mass is 9.89. The van der Waals surface area contributed by atoms with E-state index in [1.54, 1.807) is 24.5 Å². The van der Waals surface area contributed by atoms with Gasteiger partial charge in [0.15, 0.2) is 11.2 Å². The first kappa shape index (κ1) is 23.5. The Bertz CT molecular complexity index is 1120. The fourth-order valence-corrected chi connectivity index (χ4v) is 5.57. The number of carbonyl (C=O) groups is 2. The molecule has 0 aromatic carbocycles. The molecule has 6 rings (SSSR count). The van der Waals surface area contributed by atoms with Crippen molar-refractivity contribution in [2.45, 2.75) is 23.3 Å². The number of nitrogens with one attached hydrogen (secondary N) is 2. The van der Waals surface area contributed by atoms with Crippen LogP contribution in [0.25, 0.3) is 0 Å². The van der Waals surface area contributed by atoms with E-state index in [2.05, 4.69) is 30.4 Å². The van der Waals surface area contributed by atoms with Crippen molar-refractivity contribution in [3.05, 3.63) is 59.1 Å². The largest absolute Gasteiger partial charge is 0.451 e. The van der Waals surface area contributed by atoms with Gasteiger partial charge in [-0.15, -0.1) is 0 Å². The molecule has 12 heteroatoms. The molecule has 4 saturated heterocycles. The Balaban J connectivity index is 1.05. The van der Waals surface area contributed by atoms with Crippen molar-refractivity contribution >= 4 is 46.5 Å². The number of carbonyl (C=O) groups excluding carboxylic acids is 2. The van der Waals surface area contributed by atoms with Gasteiger partial charge in [0, 0.05) is 38.3 Å². The third-order valence-electron chi connectivity index (χ3n) is 7.41. The lowest BCUT2D eigenvalue weighted by Crippen LogP contribution is -2.69. The first-order chi connectivity index (χ1) is 17.3. The standard InChI is InChI=1S/C24H24Cl2N6O4/c25-19-3-1-15(7-27-19)31-9-17-23(13-31,11-29-17)35-21(33)5-6-22(34)36-24-12-30-18(24)10-32(14-24)16-2-4-20(26)28-8-16/h1-8,17-18,29-30H,9-14H2/b6-5+/t17-,18-,23+,24+/m0/s1. The van der Waals surface area contributed by atoms with Crippen molar-refractivity contribution < 1.29 is 19.1 Å². The number of anilines is 2. The van der Waals surface area contributed by atoms with Crippen molar-refractivity contribution in [2.24, 2.45) is 0 Å². The average molecular weight is 531 g/mol. The molecule has 2 N–H and O–H groups in total. The van der Waals surface area contributed by atoms with Crippen LogP contribution in [0.3, 0.4) is 0 Å². The zero-order chi connectivity index (χ0) is 24.9. The molecule has 36 heavy (non-hydrogen) atoms. The molecule has 0 aliphatic carbocycles. The fraction of sp³-hybridized carbons (Fsp3) is 0.417. The monoisotopic (exact) mass is 530 g/mol. The van der Waals surface area contributed by atoms with Crippen molar-refractivity contribution in [3.8, 4) is 0 Å². The van der Waals surface area contributed by atoms with Crippen LogP contribution >= 0.6 is 23.2 Å². The number of nitrogens with zero attached hydrogens (tertiary/aromatic N) is 4. The minimum atomic E-state index is -0.648. The van der Waals surface area contributed by atoms with Gasteiger partial charge in [0.2, 0.25) is 0 Å². The zero-order valence-electron chi connectivity index (χ0n) is 19.2. The summed E-state index contributed by atoms with van der Waals surface area (Å²) in [4.78, 5) is 37.7. The van der Waals surface area contributed by atoms with E-state index in [-0.39, 0.29) is 12.1 Å². The summed E-state index contributed by atoms with van der Waals surface area (Å²) in [5.41, 5.74) is 0.525. The highest BCUT2D eigenvalue weighted by Gasteiger charge is 2.57. The molecule has 4 aliphatic heterocycles. The molecule has 6 heterocycles. The van der Waals surface area contributed by atoms with Crippen LogP contribution < -0.4 is 20.4 Å². The predicted octanol–water partition coefficient (Wildman–Crippen LogP) is 1.19. The maximum atomic E-state index is 12.6. The Labute approximate surface area is 217 Å². The molecule has 4 fully saturated rings. The minimum absolute atomic E-state index is 0.00464. The SMILES string of the molecule is O=C(/C=C/C(=O)O[C@@]12CN[C@H]1CN(c1ccc(Cl)nc1)C2)O[C@@]12CN[C@H]1CN(c1ccc(Cl)nc1)C2. The van der Waals surface area contributed by atoms with Crippen molar-refractivity contribution in [2.75, 3.05) is 49.1 Å². The average Bonchev–Trinajstić information content (AvgIpc) is 3.24. The van der Waals surface area contributed by atoms with Crippen molar-refractivity contribution in [1.29, 1.82) is 0 Å². The van der Waals surface area contributed by atoms with E-state index in [0.29, 0.717) is 49.6 Å². The summed E-state index contributed by atoms with van der Waals surface area (Å²) in [6.45, 7) is 3.52. The molecule has 188 valence electrons. The third-order valence-corrected chi connectivity index (χ3v) is 7.85. The predicted molar refractivity (Wildman–Crippen MR) is 133 cm³/mol. The van der Waals surface area contributed by atoms with E-state index < -0.39 is 23.1 Å². The number of fused-ring (bicyclic) bond motifs is 2. The van der Waals surface area contributed by atoms with Gasteiger partial charge in [-0.3, -0.25) is 0 Å². The molecule has 0 radical (unpaired) electrons. The molecule has 0 spiro atoms. The molecular weight excluding hydrogens is 507 g/mol. The molecule has 10 nitrogen and oxygen atoms in total. The summed E-state index contributed by atoms with van der Waals surface area (Å²) in [5.74, 6) is -1.15. The van der Waals surface area contributed by atoms with Gasteiger partial charge in [0.1, 0.15) is 10.3 Å². The molecular formula is C24H24Cl2N6O4. The Hall–Kier alpha value is -2.92. The number of aromatic nitrogens is 2. The van der Waals surface area contributed by atoms with Crippen LogP contribution in [-0.2, 0) is 19.1 Å². The van der Waals surface area contributed by atoms with Crippen LogP contribution in [-0.4, -0.2) is 84.5 Å². The highest BCUT2D eigenvalue weighted by molar-refractivity contribution is 6.29. The lowest BCUT2D eigenvalue weighted by Gasteiger charge is -2.43. The van der Waals surface area contributed by atoms with Crippen LogP contribution in [0.15, 0.2) is 48.8 Å². The molecule has 4 aliphatic rings. The van der Waals surface area contributed by atoms with Gasteiger partial charge in [-0.25, -0.2) is 19.6 Å². The van der Waals surface area contributed by atoms with Gasteiger partial charge in [0.05, 0.1) is 48.9 Å². The van der Waals surface area contributed by atoms with Gasteiger partial charge < -0.3 is 29.9 Å². The second-order valence-corrected chi connectivity index (χ2v) is 10.4. The van der Waals surface area contributed by atoms with Crippen LogP contribution in [0, 0.1) is 0 Å². The number of rotatable bonds is 6. The van der Waals surface area contributed by atoms with Crippen LogP contribution in [0.4, 0.5) is 11.4 Å². The summed E-state index contributed by atoms with van der Waals surface area (Å²) >= 11 is 11.8. The van der Waals surface area contributed by atoms with Crippen LogP contribution in [0.1, 0.15) is 0 Å². The number of hydrogen-bond acceptors (Lipinski definition) is 10. The van der Waals surface area contributed by atoms with Gasteiger partial charge >= 0.3 is 11.9 Å². The maximum Gasteiger partial charge on any atom is 0.331 e. The molecule has 0 saturated carbocycles. The smallest absolute Gasteiger partial charge is 0.331 e. The number of pyridine rings is 2. The Kier molecular flexibility index (Phi) is 5.79. The Morgan fingerprint density at radius 2 is 1.28 bits per heavy atom. The van der Waals surface area contributed by atoms with Gasteiger partial charge in [-0.05, 0) is 24.3 Å². The summed E-state index contributed by atoms with van der Waals surface area (Å²) in [7, 11) is 0. The zero-order valence-corrected chi connectivity index (χ0v) is 20.7. The number of esters is 2. The Morgan fingerprint density at radius 1 is 0.833 bits per heavy atom. The summed E-state index contributed by atoms with van der Waals surface area (Å²) in [6, 6.07) is 7.25. The quantitative estimate of drug-likeness (QED) is 0.321. The molecule has 4 atom stereocenters. The van der Waals surface area contributed by atoms with E-state index in [9.17, 15) is 9.59 Å². The molecule has 0 bridgehead atoms. The summed E-state index contributed by atoms with van der Waals surface area (Å²) in [5, 5.41) is 7.47. The highest BCUT2D eigenvalue weighted by atomic mass is 35.5. The molecule has 0 amide bonds. The van der Waals surface area contributed by atoms with Crippen molar-refractivity contribution in [1.82, 2.24) is 20.6 Å². The molecule has 2 aromatic heterocycles. The lowest BCUT2D eigenvalue weighted by molar-refractivity contribution is -0.163. The fourth-order valence-electron chi connectivity index (χ4n) is 5.35. The van der Waals surface area contributed by atoms with E-state index in [1.165, 1.54) is 0 Å². The van der Waals surface area contributed by atoms with E-state index in [4.69, 9.17) is 32.7 Å². The summed E-state index contributed by atoms with van der Waals surface area (Å²) in [6.07, 6.45) is 5.70. The second-order valence-electron chi connectivity index (χ2n) is 9.61. The van der Waals surface area contributed by atoms with Crippen LogP contribution in [0.2, 0.25) is 10.3 Å². The maximum absolute atomic E-state index is 12.6. The van der Waals surface area contributed by atoms with Crippen molar-refractivity contribution in [3.63, 3.8) is 0 Å². The van der Waals surface area contributed by atoms with E-state index in [1.807, 2.05) is 12.1 Å². The Morgan fingerprint density at radius 3 is 1.61 bits per heavy atom. The first-order valence-corrected chi connectivity index (χ1v) is 12.4. The van der Waals surface area contributed by atoms with E-state index >= 15 is 0 Å². The minimum Gasteiger partial charge on any atom is -0.451 e. The third kappa shape index (κ3) is 4.17. The van der Waals surface area contributed by atoms with Gasteiger partial charge in [0.25, 0.3) is 0 Å². The number of hydrogen-bond donors (Lipinski definition) is 2. The molecule has 2 aromatic rings. The van der Waals surface area contributed by atoms with Crippen LogP contribution in [0.5, 0.6) is 0 Å². The van der Waals surface area contributed by atoms with E-state index in [0.717, 1.165) is 23.5 Å². The number of halogens is 2. The van der Waals surface area contributed by atoms with Gasteiger partial charge in [-0.2, -0.15) is 0 Å².